The molecule has 3 rings (SSSR count). The van der Waals surface area contributed by atoms with Crippen LogP contribution >= 0.6 is 11.3 Å². The second kappa shape index (κ2) is 5.32. The van der Waals surface area contributed by atoms with Gasteiger partial charge in [0, 0.05) is 17.5 Å². The molecule has 2 N–H and O–H groups in total. The summed E-state index contributed by atoms with van der Waals surface area (Å²) in [5.41, 5.74) is 7.56. The molecule has 0 saturated carbocycles. The number of nitrogens with two attached hydrogens (primary N) is 1. The quantitative estimate of drug-likeness (QED) is 0.889. The van der Waals surface area contributed by atoms with E-state index in [4.69, 9.17) is 5.73 Å². The Hall–Kier alpha value is -0.380. The van der Waals surface area contributed by atoms with Crippen molar-refractivity contribution in [3.8, 4) is 0 Å². The summed E-state index contributed by atoms with van der Waals surface area (Å²) >= 11 is 1.95. The van der Waals surface area contributed by atoms with E-state index in [1.807, 2.05) is 11.3 Å². The Labute approximate surface area is 114 Å². The Morgan fingerprint density at radius 3 is 3.17 bits per heavy atom. The molecule has 0 radical (unpaired) electrons. The van der Waals surface area contributed by atoms with Gasteiger partial charge in [-0.3, -0.25) is 4.90 Å². The largest absolute Gasteiger partial charge is 0.330 e. The summed E-state index contributed by atoms with van der Waals surface area (Å²) in [6.07, 6.45) is 5.32. The van der Waals surface area contributed by atoms with Gasteiger partial charge in [0.25, 0.3) is 0 Å². The fourth-order valence-corrected chi connectivity index (χ4v) is 4.59. The van der Waals surface area contributed by atoms with Gasteiger partial charge in [-0.15, -0.1) is 11.3 Å². The van der Waals surface area contributed by atoms with E-state index in [2.05, 4.69) is 23.3 Å². The molecule has 0 spiro atoms. The van der Waals surface area contributed by atoms with Gasteiger partial charge in [0.15, 0.2) is 0 Å². The molecular formula is C15H24N2S. The molecule has 100 valence electrons. The molecule has 3 atom stereocenters. The standard InChI is InChI=1S/C15H24N2S/c1-11-5-7-17(10-12(11)9-16)14-3-2-4-15-13(14)6-8-18-15/h6,8,11-12,14H,2-5,7,9-10,16H2,1H3. The van der Waals surface area contributed by atoms with Gasteiger partial charge in [0.1, 0.15) is 0 Å². The van der Waals surface area contributed by atoms with Gasteiger partial charge in [0.05, 0.1) is 0 Å². The van der Waals surface area contributed by atoms with Gasteiger partial charge in [-0.2, -0.15) is 0 Å². The monoisotopic (exact) mass is 264 g/mol. The lowest BCUT2D eigenvalue weighted by Crippen LogP contribution is -2.44. The third-order valence-electron chi connectivity index (χ3n) is 4.91. The highest BCUT2D eigenvalue weighted by molar-refractivity contribution is 7.10. The molecule has 1 aliphatic heterocycles. The summed E-state index contributed by atoms with van der Waals surface area (Å²) in [5, 5.41) is 2.27. The Morgan fingerprint density at radius 1 is 1.44 bits per heavy atom. The van der Waals surface area contributed by atoms with Gasteiger partial charge in [0.2, 0.25) is 0 Å². The van der Waals surface area contributed by atoms with Crippen molar-refractivity contribution in [2.24, 2.45) is 17.6 Å². The van der Waals surface area contributed by atoms with Crippen LogP contribution in [0, 0.1) is 11.8 Å². The number of rotatable bonds is 2. The minimum atomic E-state index is 0.682. The molecule has 1 fully saturated rings. The third-order valence-corrected chi connectivity index (χ3v) is 5.91. The lowest BCUT2D eigenvalue weighted by Gasteiger charge is -2.42. The van der Waals surface area contributed by atoms with Crippen LogP contribution in [0.15, 0.2) is 11.4 Å². The number of piperidine rings is 1. The van der Waals surface area contributed by atoms with E-state index in [1.54, 1.807) is 10.4 Å². The van der Waals surface area contributed by atoms with Gasteiger partial charge in [-0.1, -0.05) is 6.92 Å². The molecule has 2 aliphatic rings. The van der Waals surface area contributed by atoms with E-state index in [0.29, 0.717) is 12.0 Å². The molecule has 0 bridgehead atoms. The van der Waals surface area contributed by atoms with E-state index < -0.39 is 0 Å². The first kappa shape index (κ1) is 12.6. The third kappa shape index (κ3) is 2.24. The summed E-state index contributed by atoms with van der Waals surface area (Å²) in [6.45, 7) is 5.68. The average molecular weight is 264 g/mol. The number of hydrogen-bond acceptors (Lipinski definition) is 3. The maximum Gasteiger partial charge on any atom is 0.0359 e. The zero-order valence-corrected chi connectivity index (χ0v) is 12.1. The fourth-order valence-electron chi connectivity index (χ4n) is 3.61. The van der Waals surface area contributed by atoms with Crippen molar-refractivity contribution in [2.45, 2.75) is 38.6 Å². The highest BCUT2D eigenvalue weighted by Gasteiger charge is 2.32. The molecule has 0 amide bonds. The van der Waals surface area contributed by atoms with Crippen molar-refractivity contribution in [2.75, 3.05) is 19.6 Å². The molecular weight excluding hydrogens is 240 g/mol. The predicted octanol–water partition coefficient (Wildman–Crippen LogP) is 3.04. The first-order valence-corrected chi connectivity index (χ1v) is 8.18. The van der Waals surface area contributed by atoms with E-state index in [-0.39, 0.29) is 0 Å². The van der Waals surface area contributed by atoms with E-state index in [0.717, 1.165) is 12.5 Å². The van der Waals surface area contributed by atoms with Crippen molar-refractivity contribution in [1.82, 2.24) is 4.90 Å². The highest BCUT2D eigenvalue weighted by Crippen LogP contribution is 2.39. The van der Waals surface area contributed by atoms with Crippen molar-refractivity contribution in [3.05, 3.63) is 21.9 Å². The van der Waals surface area contributed by atoms with Crippen LogP contribution in [-0.2, 0) is 6.42 Å². The Morgan fingerprint density at radius 2 is 2.33 bits per heavy atom. The van der Waals surface area contributed by atoms with E-state index in [9.17, 15) is 0 Å². The summed E-state index contributed by atoms with van der Waals surface area (Å²) in [6, 6.07) is 3.04. The van der Waals surface area contributed by atoms with E-state index >= 15 is 0 Å². The second-order valence-corrected chi connectivity index (χ2v) is 6.96. The molecule has 1 aliphatic carbocycles. The number of aryl methyl sites for hydroxylation is 1. The molecule has 1 aromatic heterocycles. The van der Waals surface area contributed by atoms with Crippen molar-refractivity contribution >= 4 is 11.3 Å². The molecule has 1 aromatic rings. The predicted molar refractivity (Wildman–Crippen MR) is 77.9 cm³/mol. The smallest absolute Gasteiger partial charge is 0.0359 e. The molecule has 3 unspecified atom stereocenters. The van der Waals surface area contributed by atoms with Crippen molar-refractivity contribution in [1.29, 1.82) is 0 Å². The van der Waals surface area contributed by atoms with Crippen LogP contribution in [0.2, 0.25) is 0 Å². The summed E-state index contributed by atoms with van der Waals surface area (Å²) in [5.74, 6) is 1.50. The number of thiophene rings is 1. The summed E-state index contributed by atoms with van der Waals surface area (Å²) in [4.78, 5) is 4.34. The summed E-state index contributed by atoms with van der Waals surface area (Å²) < 4.78 is 0. The zero-order chi connectivity index (χ0) is 12.5. The van der Waals surface area contributed by atoms with Crippen LogP contribution in [0.1, 0.15) is 42.7 Å². The summed E-state index contributed by atoms with van der Waals surface area (Å²) in [7, 11) is 0. The molecule has 18 heavy (non-hydrogen) atoms. The molecule has 3 heteroatoms. The second-order valence-electron chi connectivity index (χ2n) is 5.96. The highest BCUT2D eigenvalue weighted by atomic mass is 32.1. The number of nitrogens with zero attached hydrogens (tertiary/aromatic N) is 1. The Kier molecular flexibility index (Phi) is 3.73. The zero-order valence-electron chi connectivity index (χ0n) is 11.3. The maximum atomic E-state index is 5.94. The minimum absolute atomic E-state index is 0.682. The number of likely N-dealkylation sites (tertiary alicyclic amines) is 1. The Bertz CT molecular complexity index is 401. The first-order chi connectivity index (χ1) is 8.79. The number of fused-ring (bicyclic) bond motifs is 1. The van der Waals surface area contributed by atoms with Gasteiger partial charge >= 0.3 is 0 Å². The topological polar surface area (TPSA) is 29.3 Å². The molecule has 0 aromatic carbocycles. The normalized spacial score (nSPS) is 33.3. The van der Waals surface area contributed by atoms with Crippen LogP contribution in [0.5, 0.6) is 0 Å². The number of hydrogen-bond donors (Lipinski definition) is 1. The maximum absolute atomic E-state index is 5.94. The van der Waals surface area contributed by atoms with E-state index in [1.165, 1.54) is 38.8 Å². The average Bonchev–Trinajstić information content (AvgIpc) is 2.87. The van der Waals surface area contributed by atoms with Gasteiger partial charge in [-0.05, 0) is 67.6 Å². The first-order valence-electron chi connectivity index (χ1n) is 7.30. The lowest BCUT2D eigenvalue weighted by molar-refractivity contribution is 0.0828. The van der Waals surface area contributed by atoms with Crippen LogP contribution in [0.3, 0.4) is 0 Å². The van der Waals surface area contributed by atoms with Crippen molar-refractivity contribution in [3.63, 3.8) is 0 Å². The Balaban J connectivity index is 1.77. The van der Waals surface area contributed by atoms with Crippen LogP contribution in [-0.4, -0.2) is 24.5 Å². The van der Waals surface area contributed by atoms with Crippen LogP contribution in [0.4, 0.5) is 0 Å². The van der Waals surface area contributed by atoms with Gasteiger partial charge in [-0.25, -0.2) is 0 Å². The molecule has 2 nitrogen and oxygen atoms in total. The van der Waals surface area contributed by atoms with Crippen LogP contribution in [0.25, 0.3) is 0 Å². The van der Waals surface area contributed by atoms with Gasteiger partial charge < -0.3 is 5.73 Å². The van der Waals surface area contributed by atoms with Crippen LogP contribution < -0.4 is 5.73 Å². The fraction of sp³-hybridized carbons (Fsp3) is 0.733. The lowest BCUT2D eigenvalue weighted by atomic mass is 9.84. The SMILES string of the molecule is CC1CCN(C2CCCc3sccc32)CC1CN. The minimum Gasteiger partial charge on any atom is -0.330 e. The van der Waals surface area contributed by atoms with Crippen molar-refractivity contribution < 1.29 is 0 Å². The molecule has 1 saturated heterocycles. The molecule has 2 heterocycles.